The van der Waals surface area contributed by atoms with Gasteiger partial charge < -0.3 is 21.1 Å². The van der Waals surface area contributed by atoms with Gasteiger partial charge in [0.05, 0.1) is 12.2 Å². The maximum atomic E-state index is 14.5. The minimum atomic E-state index is -0.660. The van der Waals surface area contributed by atoms with Crippen molar-refractivity contribution in [2.45, 2.75) is 32.6 Å². The fraction of sp³-hybridized carbons (Fsp3) is 0.286. The molecule has 1 aromatic heterocycles. The van der Waals surface area contributed by atoms with Crippen molar-refractivity contribution in [3.63, 3.8) is 0 Å². The normalized spacial score (nSPS) is 12.1. The van der Waals surface area contributed by atoms with E-state index in [0.717, 1.165) is 24.5 Å². The van der Waals surface area contributed by atoms with E-state index in [1.165, 1.54) is 30.6 Å². The first kappa shape index (κ1) is 29.2. The molecule has 2 amide bonds. The van der Waals surface area contributed by atoms with E-state index >= 15 is 0 Å². The molecule has 0 atom stereocenters. The molecule has 0 unspecified atom stereocenters. The van der Waals surface area contributed by atoms with Crippen molar-refractivity contribution in [2.24, 2.45) is 0 Å². The first-order valence-corrected chi connectivity index (χ1v) is 12.3. The highest BCUT2D eigenvalue weighted by atomic mass is 19.1. The van der Waals surface area contributed by atoms with Crippen molar-refractivity contribution >= 4 is 23.3 Å². The van der Waals surface area contributed by atoms with Crippen molar-refractivity contribution in [1.29, 1.82) is 0 Å². The van der Waals surface area contributed by atoms with Crippen LogP contribution < -0.4 is 21.1 Å². The standard InChI is InChI=1S/C23H22F2N4O2.C5H8FNO/c1-3-31-21-20(27-11-28-22(21)26)17-9-15(24)10-19(12(17)2)29-23(30)16-7-6-14(8-18(16)25)13-4-5-13;1-2-5(8)7-4-3-6/h6-11,13H,3-5H2,1-2H3,(H,29,30)(H2,26,27,28);2H,1,3-4H2,(H,7,8). The largest absolute Gasteiger partial charge is 0.488 e. The highest BCUT2D eigenvalue weighted by molar-refractivity contribution is 6.05. The van der Waals surface area contributed by atoms with Gasteiger partial charge in [-0.15, -0.1) is 0 Å². The first-order valence-electron chi connectivity index (χ1n) is 12.3. The van der Waals surface area contributed by atoms with Gasteiger partial charge in [-0.2, -0.15) is 0 Å². The molecule has 4 N–H and O–H groups in total. The highest BCUT2D eigenvalue weighted by Crippen LogP contribution is 2.40. The average Bonchev–Trinajstić information content (AvgIpc) is 3.76. The number of nitrogens with zero attached hydrogens (tertiary/aromatic N) is 2. The number of nitrogens with two attached hydrogens (primary N) is 1. The smallest absolute Gasteiger partial charge is 0.258 e. The van der Waals surface area contributed by atoms with E-state index in [2.05, 4.69) is 27.2 Å². The van der Waals surface area contributed by atoms with Crippen LogP contribution in [0.2, 0.25) is 0 Å². The van der Waals surface area contributed by atoms with Gasteiger partial charge in [-0.05, 0) is 74.1 Å². The Labute approximate surface area is 224 Å². The molecular formula is C28H30F3N5O3. The second-order valence-electron chi connectivity index (χ2n) is 8.65. The lowest BCUT2D eigenvalue weighted by Crippen LogP contribution is -2.22. The Kier molecular flexibility index (Phi) is 10.0. The molecule has 1 saturated carbocycles. The third-order valence-corrected chi connectivity index (χ3v) is 5.86. The number of hydrogen-bond acceptors (Lipinski definition) is 6. The van der Waals surface area contributed by atoms with Gasteiger partial charge in [0.25, 0.3) is 5.91 Å². The predicted octanol–water partition coefficient (Wildman–Crippen LogP) is 5.10. The van der Waals surface area contributed by atoms with Gasteiger partial charge in [0.15, 0.2) is 11.6 Å². The first-order chi connectivity index (χ1) is 18.7. The lowest BCUT2D eigenvalue weighted by Gasteiger charge is -2.16. The zero-order chi connectivity index (χ0) is 28.5. The van der Waals surface area contributed by atoms with Crippen molar-refractivity contribution in [2.75, 3.05) is 30.9 Å². The summed E-state index contributed by atoms with van der Waals surface area (Å²) in [4.78, 5) is 31.0. The zero-order valence-corrected chi connectivity index (χ0v) is 21.7. The number of nitrogens with one attached hydrogen (secondary N) is 2. The van der Waals surface area contributed by atoms with Crippen LogP contribution in [-0.4, -0.2) is 41.6 Å². The van der Waals surface area contributed by atoms with Crippen LogP contribution in [-0.2, 0) is 4.79 Å². The lowest BCUT2D eigenvalue weighted by molar-refractivity contribution is -0.116. The summed E-state index contributed by atoms with van der Waals surface area (Å²) in [6.45, 7) is 6.52. The van der Waals surface area contributed by atoms with Gasteiger partial charge in [0, 0.05) is 17.8 Å². The molecule has 0 aliphatic heterocycles. The Morgan fingerprint density at radius 2 is 1.95 bits per heavy atom. The van der Waals surface area contributed by atoms with Crippen LogP contribution in [0.25, 0.3) is 11.3 Å². The molecule has 39 heavy (non-hydrogen) atoms. The van der Waals surface area contributed by atoms with Gasteiger partial charge in [-0.25, -0.2) is 23.1 Å². The van der Waals surface area contributed by atoms with E-state index in [-0.39, 0.29) is 35.3 Å². The summed E-state index contributed by atoms with van der Waals surface area (Å²) >= 11 is 0. The molecular weight excluding hydrogens is 511 g/mol. The average molecular weight is 542 g/mol. The minimum Gasteiger partial charge on any atom is -0.488 e. The number of aromatic nitrogens is 2. The van der Waals surface area contributed by atoms with Crippen LogP contribution in [0.4, 0.5) is 24.7 Å². The number of alkyl halides is 1. The Bertz CT molecular complexity index is 1360. The maximum absolute atomic E-state index is 14.5. The van der Waals surface area contributed by atoms with Gasteiger partial charge in [-0.1, -0.05) is 12.6 Å². The number of halogens is 3. The zero-order valence-electron chi connectivity index (χ0n) is 21.7. The van der Waals surface area contributed by atoms with Gasteiger partial charge in [0.1, 0.15) is 30.3 Å². The second kappa shape index (κ2) is 13.4. The number of anilines is 2. The number of carbonyl (C=O) groups excluding carboxylic acids is 2. The third kappa shape index (κ3) is 7.56. The highest BCUT2D eigenvalue weighted by Gasteiger charge is 2.25. The Hall–Kier alpha value is -4.41. The minimum absolute atomic E-state index is 0.0743. The summed E-state index contributed by atoms with van der Waals surface area (Å²) in [5, 5.41) is 4.86. The number of ether oxygens (including phenoxy) is 1. The summed E-state index contributed by atoms with van der Waals surface area (Å²) in [5.41, 5.74) is 8.12. The molecule has 1 heterocycles. The van der Waals surface area contributed by atoms with Crippen molar-refractivity contribution in [3.05, 3.63) is 77.6 Å². The third-order valence-electron chi connectivity index (χ3n) is 5.86. The number of nitrogen functional groups attached to an aromatic ring is 1. The van der Waals surface area contributed by atoms with E-state index in [1.54, 1.807) is 19.9 Å². The topological polar surface area (TPSA) is 119 Å². The monoisotopic (exact) mass is 541 g/mol. The van der Waals surface area contributed by atoms with Gasteiger partial charge in [-0.3, -0.25) is 9.59 Å². The van der Waals surface area contributed by atoms with Crippen LogP contribution in [0.1, 0.15) is 47.2 Å². The predicted molar refractivity (Wildman–Crippen MR) is 143 cm³/mol. The second-order valence-corrected chi connectivity index (χ2v) is 8.65. The van der Waals surface area contributed by atoms with Crippen LogP contribution in [0.5, 0.6) is 5.75 Å². The molecule has 2 aromatic carbocycles. The van der Waals surface area contributed by atoms with Crippen LogP contribution in [0.15, 0.2) is 49.3 Å². The van der Waals surface area contributed by atoms with Crippen LogP contribution >= 0.6 is 0 Å². The van der Waals surface area contributed by atoms with Crippen molar-refractivity contribution < 1.29 is 27.5 Å². The summed E-state index contributed by atoms with van der Waals surface area (Å²) in [6, 6.07) is 7.08. The summed E-state index contributed by atoms with van der Waals surface area (Å²) in [7, 11) is 0. The number of benzene rings is 2. The van der Waals surface area contributed by atoms with Crippen molar-refractivity contribution in [3.8, 4) is 17.0 Å². The molecule has 4 rings (SSSR count). The molecule has 11 heteroatoms. The fourth-order valence-corrected chi connectivity index (χ4v) is 3.74. The molecule has 0 spiro atoms. The Morgan fingerprint density at radius 3 is 2.56 bits per heavy atom. The number of amides is 2. The van der Waals surface area contributed by atoms with Gasteiger partial charge in [0.2, 0.25) is 5.91 Å². The summed E-state index contributed by atoms with van der Waals surface area (Å²) in [5.74, 6) is -1.45. The lowest BCUT2D eigenvalue weighted by atomic mass is 10.0. The number of hydrogen-bond donors (Lipinski definition) is 3. The molecule has 1 aliphatic carbocycles. The summed E-state index contributed by atoms with van der Waals surface area (Å²) < 4.78 is 45.8. The molecule has 0 radical (unpaired) electrons. The number of carbonyl (C=O) groups is 2. The fourth-order valence-electron chi connectivity index (χ4n) is 3.74. The quantitative estimate of drug-likeness (QED) is 0.325. The van der Waals surface area contributed by atoms with E-state index in [4.69, 9.17) is 10.5 Å². The van der Waals surface area contributed by atoms with Crippen LogP contribution in [0.3, 0.4) is 0 Å². The van der Waals surface area contributed by atoms with E-state index in [0.29, 0.717) is 29.3 Å². The van der Waals surface area contributed by atoms with Crippen molar-refractivity contribution in [1.82, 2.24) is 15.3 Å². The summed E-state index contributed by atoms with van der Waals surface area (Å²) in [6.07, 6.45) is 4.43. The van der Waals surface area contributed by atoms with E-state index in [9.17, 15) is 22.8 Å². The molecule has 0 saturated heterocycles. The molecule has 8 nitrogen and oxygen atoms in total. The molecule has 1 aliphatic rings. The molecule has 206 valence electrons. The Balaban J connectivity index is 0.000000459. The molecule has 0 bridgehead atoms. The van der Waals surface area contributed by atoms with E-state index in [1.807, 2.05) is 0 Å². The van der Waals surface area contributed by atoms with Gasteiger partial charge >= 0.3 is 0 Å². The number of rotatable bonds is 9. The maximum Gasteiger partial charge on any atom is 0.258 e. The molecule has 3 aromatic rings. The Morgan fingerprint density at radius 1 is 1.21 bits per heavy atom. The van der Waals surface area contributed by atoms with E-state index < -0.39 is 24.2 Å². The van der Waals surface area contributed by atoms with Crippen LogP contribution in [0, 0.1) is 18.6 Å². The SMILES string of the molecule is C=CC(=O)NCCF.CCOc1c(N)ncnc1-c1cc(F)cc(NC(=O)c2ccc(C3CC3)cc2F)c1C. The molecule has 1 fully saturated rings.